The van der Waals surface area contributed by atoms with Gasteiger partial charge in [0, 0.05) is 24.9 Å². The van der Waals surface area contributed by atoms with Crippen LogP contribution in [0.1, 0.15) is 60.9 Å². The van der Waals surface area contributed by atoms with Crippen LogP contribution in [0.25, 0.3) is 21.0 Å². The minimum atomic E-state index is -0.914. The first-order valence-electron chi connectivity index (χ1n) is 14.0. The van der Waals surface area contributed by atoms with Crippen LogP contribution in [0, 0.1) is 13.8 Å². The normalized spacial score (nSPS) is 18.5. The monoisotopic (exact) mass is 592 g/mol. The number of carbonyl (C=O) groups is 2. The third-order valence-electron chi connectivity index (χ3n) is 8.13. The average molecular weight is 593 g/mol. The molecule has 1 N–H and O–H groups in total. The van der Waals surface area contributed by atoms with Gasteiger partial charge in [-0.3, -0.25) is 19.0 Å². The predicted octanol–water partition coefficient (Wildman–Crippen LogP) is 3.84. The molecule has 4 aromatic rings. The van der Waals surface area contributed by atoms with Crippen LogP contribution in [0.4, 0.5) is 0 Å². The molecular weight excluding hydrogens is 560 g/mol. The molecule has 1 saturated heterocycles. The molecule has 6 rings (SSSR count). The van der Waals surface area contributed by atoms with Gasteiger partial charge in [0.1, 0.15) is 34.8 Å². The van der Waals surface area contributed by atoms with E-state index in [2.05, 4.69) is 10.3 Å². The fraction of sp³-hybridized carbons (Fsp3) is 0.433. The number of nitrogens with zero attached hydrogens (tertiary/aromatic N) is 3. The van der Waals surface area contributed by atoms with Crippen molar-refractivity contribution in [2.24, 2.45) is 0 Å². The number of hydrogen-bond acceptors (Lipinski definition) is 9. The number of amides is 1. The highest BCUT2D eigenvalue weighted by Crippen LogP contribution is 2.38. The molecule has 1 aliphatic carbocycles. The van der Waals surface area contributed by atoms with E-state index in [1.54, 1.807) is 14.0 Å². The van der Waals surface area contributed by atoms with E-state index >= 15 is 0 Å². The quantitative estimate of drug-likeness (QED) is 0.326. The van der Waals surface area contributed by atoms with Gasteiger partial charge in [-0.05, 0) is 50.8 Å². The number of rotatable bonds is 8. The van der Waals surface area contributed by atoms with Crippen molar-refractivity contribution in [2.75, 3.05) is 13.7 Å². The van der Waals surface area contributed by atoms with Crippen molar-refractivity contribution >= 4 is 33.2 Å². The number of ketones is 1. The van der Waals surface area contributed by atoms with Crippen LogP contribution < -0.4 is 21.3 Å². The van der Waals surface area contributed by atoms with Gasteiger partial charge in [-0.1, -0.05) is 11.6 Å². The lowest BCUT2D eigenvalue weighted by Crippen LogP contribution is -2.44. The van der Waals surface area contributed by atoms with E-state index in [9.17, 15) is 19.2 Å². The zero-order valence-corrected chi connectivity index (χ0v) is 24.5. The number of aryl methyl sites for hydroxylation is 2. The summed E-state index contributed by atoms with van der Waals surface area (Å²) >= 11 is 1.25. The smallest absolute Gasteiger partial charge is 0.332 e. The Morgan fingerprint density at radius 1 is 1.14 bits per heavy atom. The van der Waals surface area contributed by atoms with Crippen LogP contribution in [-0.2, 0) is 20.9 Å². The zero-order valence-electron chi connectivity index (χ0n) is 23.7. The molecule has 11 nitrogen and oxygen atoms in total. The number of nitrogens with one attached hydrogen (secondary N) is 1. The molecule has 42 heavy (non-hydrogen) atoms. The second-order valence-corrected chi connectivity index (χ2v) is 11.8. The van der Waals surface area contributed by atoms with Crippen LogP contribution in [0.5, 0.6) is 5.75 Å². The molecule has 0 spiro atoms. The second-order valence-electron chi connectivity index (χ2n) is 10.8. The Labute approximate surface area is 245 Å². The lowest BCUT2D eigenvalue weighted by atomic mass is 9.96. The average Bonchev–Trinajstić information content (AvgIpc) is 3.73. The Hall–Kier alpha value is -4.03. The number of oxazole rings is 1. The van der Waals surface area contributed by atoms with Gasteiger partial charge >= 0.3 is 5.69 Å². The molecule has 1 saturated carbocycles. The summed E-state index contributed by atoms with van der Waals surface area (Å²) in [6.45, 7) is 4.20. The minimum Gasteiger partial charge on any atom is -0.496 e. The first-order valence-corrected chi connectivity index (χ1v) is 14.9. The second kappa shape index (κ2) is 11.3. The van der Waals surface area contributed by atoms with Gasteiger partial charge in [0.2, 0.25) is 11.8 Å². The van der Waals surface area contributed by atoms with E-state index in [1.807, 2.05) is 25.1 Å². The highest BCUT2D eigenvalue weighted by Gasteiger charge is 2.33. The van der Waals surface area contributed by atoms with E-state index in [0.29, 0.717) is 70.9 Å². The van der Waals surface area contributed by atoms with Crippen molar-refractivity contribution in [3.05, 3.63) is 68.2 Å². The summed E-state index contributed by atoms with van der Waals surface area (Å²) in [4.78, 5) is 58.2. The van der Waals surface area contributed by atoms with Crippen molar-refractivity contribution < 1.29 is 23.5 Å². The van der Waals surface area contributed by atoms with Crippen LogP contribution in [0.2, 0.25) is 0 Å². The molecule has 2 atom stereocenters. The summed E-state index contributed by atoms with van der Waals surface area (Å²) in [5.41, 5.74) is 1.26. The molecular formula is C30H32N4O7S. The number of methoxy groups -OCH3 is 1. The van der Waals surface area contributed by atoms with E-state index in [-0.39, 0.29) is 24.3 Å². The van der Waals surface area contributed by atoms with Crippen molar-refractivity contribution in [3.63, 3.8) is 0 Å². The van der Waals surface area contributed by atoms with Gasteiger partial charge in [-0.15, -0.1) is 11.3 Å². The van der Waals surface area contributed by atoms with Crippen LogP contribution >= 0.6 is 11.3 Å². The van der Waals surface area contributed by atoms with Crippen molar-refractivity contribution in [1.29, 1.82) is 0 Å². The number of carbonyl (C=O) groups excluding carboxylic acids is 2. The maximum absolute atomic E-state index is 14.2. The molecule has 0 unspecified atom stereocenters. The maximum Gasteiger partial charge on any atom is 0.332 e. The van der Waals surface area contributed by atoms with Gasteiger partial charge in [-0.2, -0.15) is 0 Å². The van der Waals surface area contributed by atoms with Gasteiger partial charge < -0.3 is 19.2 Å². The lowest BCUT2D eigenvalue weighted by Gasteiger charge is -2.29. The van der Waals surface area contributed by atoms with Crippen LogP contribution in [-0.4, -0.2) is 45.6 Å². The van der Waals surface area contributed by atoms with Crippen molar-refractivity contribution in [3.8, 4) is 16.5 Å². The third-order valence-corrected chi connectivity index (χ3v) is 9.43. The van der Waals surface area contributed by atoms with Gasteiger partial charge in [-0.25, -0.2) is 14.3 Å². The standard InChI is InChI=1S/C30H32N4O7S/c1-16-4-9-22(39-3)20(14-16)23(41-19-7-5-18(35)6-8-19)15-33-29-24(17(2)25(42-29)27-32-12-13-40-27)28(37)34(30(33)38)21-10-11-31-26(21)36/h4,9,12-14,19,21,23H,5-8,10-11,15H2,1-3H3,(H,31,36)/t21-,23+/m1/s1. The van der Waals surface area contributed by atoms with E-state index in [4.69, 9.17) is 13.9 Å². The summed E-state index contributed by atoms with van der Waals surface area (Å²) in [6.07, 6.45) is 4.53. The Bertz CT molecular complexity index is 1780. The van der Waals surface area contributed by atoms with Crippen molar-refractivity contribution in [1.82, 2.24) is 19.4 Å². The highest BCUT2D eigenvalue weighted by molar-refractivity contribution is 7.22. The highest BCUT2D eigenvalue weighted by atomic mass is 32.1. The molecule has 1 aliphatic heterocycles. The number of benzene rings is 1. The van der Waals surface area contributed by atoms with Crippen LogP contribution in [0.15, 0.2) is 44.7 Å². The van der Waals surface area contributed by atoms with E-state index in [1.165, 1.54) is 28.4 Å². The third kappa shape index (κ3) is 4.98. The first kappa shape index (κ1) is 28.1. The maximum atomic E-state index is 14.2. The van der Waals surface area contributed by atoms with Crippen molar-refractivity contribution in [2.45, 2.75) is 70.7 Å². The van der Waals surface area contributed by atoms with E-state index < -0.39 is 23.4 Å². The number of aromatic nitrogens is 3. The zero-order chi connectivity index (χ0) is 29.5. The lowest BCUT2D eigenvalue weighted by molar-refractivity contribution is -0.125. The summed E-state index contributed by atoms with van der Waals surface area (Å²) in [5.74, 6) is 0.804. The summed E-state index contributed by atoms with van der Waals surface area (Å²) < 4.78 is 20.5. The molecule has 12 heteroatoms. The van der Waals surface area contributed by atoms with Gasteiger partial charge in [0.05, 0.1) is 36.2 Å². The number of fused-ring (bicyclic) bond motifs is 1. The Morgan fingerprint density at radius 2 is 1.93 bits per heavy atom. The fourth-order valence-corrected chi connectivity index (χ4v) is 7.18. The molecule has 1 aromatic carbocycles. The summed E-state index contributed by atoms with van der Waals surface area (Å²) in [5, 5.41) is 3.08. The molecule has 4 heterocycles. The number of thiophene rings is 1. The van der Waals surface area contributed by atoms with E-state index in [0.717, 1.165) is 15.7 Å². The number of hydrogen-bond donors (Lipinski definition) is 1. The topological polar surface area (TPSA) is 135 Å². The molecule has 1 amide bonds. The van der Waals surface area contributed by atoms with Gasteiger partial charge in [0.15, 0.2) is 0 Å². The molecule has 2 aliphatic rings. The summed E-state index contributed by atoms with van der Waals surface area (Å²) in [7, 11) is 1.58. The Morgan fingerprint density at radius 3 is 2.60 bits per heavy atom. The largest absolute Gasteiger partial charge is 0.496 e. The molecule has 0 bridgehead atoms. The molecule has 3 aromatic heterocycles. The van der Waals surface area contributed by atoms with Crippen LogP contribution in [0.3, 0.4) is 0 Å². The van der Waals surface area contributed by atoms with Gasteiger partial charge in [0.25, 0.3) is 5.56 Å². The first-order chi connectivity index (χ1) is 20.3. The molecule has 220 valence electrons. The summed E-state index contributed by atoms with van der Waals surface area (Å²) in [6, 6.07) is 4.86. The molecule has 0 radical (unpaired) electrons. The SMILES string of the molecule is COc1ccc(C)cc1[C@H](Cn1c(=O)n([C@@H]2CCNC2=O)c(=O)c2c(C)c(-c3ncco3)sc21)OC1CCC(=O)CC1. The number of ether oxygens (including phenoxy) is 2. The number of Topliss-reactive ketones (excluding diaryl/α,β-unsaturated/α-hetero) is 1. The minimum absolute atomic E-state index is 0.0548. The predicted molar refractivity (Wildman–Crippen MR) is 156 cm³/mol. The molecule has 2 fully saturated rings. The Kier molecular flexibility index (Phi) is 7.58. The fourth-order valence-electron chi connectivity index (χ4n) is 5.93. The Balaban J connectivity index is 1.55.